The minimum absolute atomic E-state index is 0.0690. The number of H-pyrrole nitrogens is 1. The summed E-state index contributed by atoms with van der Waals surface area (Å²) in [5.41, 5.74) is 1.22. The number of benzene rings is 1. The topological polar surface area (TPSA) is 83.6 Å². The lowest BCUT2D eigenvalue weighted by atomic mass is 10.2. The first-order chi connectivity index (χ1) is 9.65. The summed E-state index contributed by atoms with van der Waals surface area (Å²) in [5, 5.41) is 3.06. The molecule has 2 aromatic heterocycles. The van der Waals surface area contributed by atoms with Crippen molar-refractivity contribution in [3.05, 3.63) is 46.3 Å². The molecule has 0 aliphatic carbocycles. The first kappa shape index (κ1) is 12.8. The molecule has 0 atom stereocenters. The number of nitrogens with one attached hydrogen (secondary N) is 2. The van der Waals surface area contributed by atoms with E-state index < -0.39 is 5.91 Å². The number of aromatic nitrogens is 4. The zero-order valence-corrected chi connectivity index (χ0v) is 11.4. The zero-order valence-electron chi connectivity index (χ0n) is 9.89. The van der Waals surface area contributed by atoms with E-state index in [2.05, 4.69) is 25.3 Å². The second-order valence-electron chi connectivity index (χ2n) is 3.87. The van der Waals surface area contributed by atoms with Crippen LogP contribution in [0.15, 0.2) is 30.6 Å². The Morgan fingerprint density at radius 2 is 2.00 bits per heavy atom. The summed E-state index contributed by atoms with van der Waals surface area (Å²) >= 11 is 11.9. The fourth-order valence-corrected chi connectivity index (χ4v) is 2.11. The highest BCUT2D eigenvalue weighted by Gasteiger charge is 2.13. The number of carbonyl (C=O) groups is 1. The maximum Gasteiger partial charge on any atom is 0.259 e. The van der Waals surface area contributed by atoms with Crippen LogP contribution in [0.3, 0.4) is 0 Å². The number of rotatable bonds is 2. The Hall–Kier alpha value is -2.18. The molecule has 20 heavy (non-hydrogen) atoms. The van der Waals surface area contributed by atoms with Crippen LogP contribution in [0.5, 0.6) is 0 Å². The molecule has 0 spiro atoms. The van der Waals surface area contributed by atoms with Gasteiger partial charge in [-0.15, -0.1) is 0 Å². The van der Waals surface area contributed by atoms with Crippen LogP contribution in [0.1, 0.15) is 10.4 Å². The molecular weight excluding hydrogens is 301 g/mol. The second kappa shape index (κ2) is 5.07. The largest absolute Gasteiger partial charge is 0.341 e. The van der Waals surface area contributed by atoms with Crippen LogP contribution in [0.4, 0.5) is 5.95 Å². The van der Waals surface area contributed by atoms with E-state index in [9.17, 15) is 4.79 Å². The summed E-state index contributed by atoms with van der Waals surface area (Å²) in [7, 11) is 0. The van der Waals surface area contributed by atoms with Crippen molar-refractivity contribution in [3.63, 3.8) is 0 Å². The van der Waals surface area contributed by atoms with Gasteiger partial charge in [0.25, 0.3) is 5.91 Å². The first-order valence-corrected chi connectivity index (χ1v) is 6.33. The SMILES string of the molecule is O=C(Nc1nc(Cl)c2[nH]cnc2n1)c1ccccc1Cl. The van der Waals surface area contributed by atoms with E-state index in [1.807, 2.05) is 0 Å². The van der Waals surface area contributed by atoms with Gasteiger partial charge in [0.2, 0.25) is 5.95 Å². The average Bonchev–Trinajstić information content (AvgIpc) is 2.88. The number of halogens is 2. The fraction of sp³-hybridized carbons (Fsp3) is 0. The smallest absolute Gasteiger partial charge is 0.259 e. The number of aromatic amines is 1. The lowest BCUT2D eigenvalue weighted by Gasteiger charge is -2.05. The molecule has 0 aliphatic rings. The van der Waals surface area contributed by atoms with Crippen molar-refractivity contribution in [2.24, 2.45) is 0 Å². The van der Waals surface area contributed by atoms with Crippen molar-refractivity contribution in [1.82, 2.24) is 19.9 Å². The highest BCUT2D eigenvalue weighted by Crippen LogP contribution is 2.20. The molecule has 0 radical (unpaired) electrons. The molecule has 6 nitrogen and oxygen atoms in total. The molecule has 0 saturated carbocycles. The predicted molar refractivity (Wildman–Crippen MR) is 76.1 cm³/mol. The molecule has 100 valence electrons. The van der Waals surface area contributed by atoms with E-state index in [0.29, 0.717) is 21.7 Å². The van der Waals surface area contributed by atoms with Crippen molar-refractivity contribution in [3.8, 4) is 0 Å². The minimum atomic E-state index is -0.415. The van der Waals surface area contributed by atoms with E-state index in [1.165, 1.54) is 6.33 Å². The van der Waals surface area contributed by atoms with Crippen LogP contribution in [0.25, 0.3) is 11.2 Å². The van der Waals surface area contributed by atoms with E-state index in [4.69, 9.17) is 23.2 Å². The van der Waals surface area contributed by atoms with Crippen LogP contribution in [-0.4, -0.2) is 25.8 Å². The number of imidazole rings is 1. The van der Waals surface area contributed by atoms with Crippen molar-refractivity contribution in [1.29, 1.82) is 0 Å². The molecule has 8 heteroatoms. The Balaban J connectivity index is 1.93. The normalized spacial score (nSPS) is 10.7. The molecule has 1 amide bonds. The Labute approximate surface area is 123 Å². The lowest BCUT2D eigenvalue weighted by Crippen LogP contribution is -2.14. The number of hydrogen-bond acceptors (Lipinski definition) is 4. The van der Waals surface area contributed by atoms with Crippen molar-refractivity contribution < 1.29 is 4.79 Å². The standard InChI is InChI=1S/C12H7Cl2N5O/c13-7-4-2-1-3-6(7)11(20)19-12-17-9(14)8-10(18-12)16-5-15-8/h1-5H,(H2,15,16,17,18,19,20). The van der Waals surface area contributed by atoms with Gasteiger partial charge in [-0.3, -0.25) is 10.1 Å². The van der Waals surface area contributed by atoms with E-state index in [1.54, 1.807) is 24.3 Å². The zero-order chi connectivity index (χ0) is 14.1. The molecule has 2 N–H and O–H groups in total. The number of hydrogen-bond donors (Lipinski definition) is 2. The molecule has 3 aromatic rings. The fourth-order valence-electron chi connectivity index (χ4n) is 1.67. The van der Waals surface area contributed by atoms with Gasteiger partial charge in [0.15, 0.2) is 10.8 Å². The van der Waals surface area contributed by atoms with E-state index in [0.717, 1.165) is 0 Å². The van der Waals surface area contributed by atoms with Crippen LogP contribution in [-0.2, 0) is 0 Å². The minimum Gasteiger partial charge on any atom is -0.341 e. The van der Waals surface area contributed by atoms with Crippen LogP contribution < -0.4 is 5.32 Å². The molecule has 0 bridgehead atoms. The third kappa shape index (κ3) is 2.31. The third-order valence-electron chi connectivity index (χ3n) is 2.59. The maximum absolute atomic E-state index is 12.1. The van der Waals surface area contributed by atoms with Crippen LogP contribution in [0, 0.1) is 0 Å². The number of amides is 1. The van der Waals surface area contributed by atoms with Gasteiger partial charge in [-0.25, -0.2) is 4.98 Å². The van der Waals surface area contributed by atoms with Gasteiger partial charge in [0, 0.05) is 0 Å². The van der Waals surface area contributed by atoms with Crippen molar-refractivity contribution >= 4 is 46.2 Å². The number of anilines is 1. The number of fused-ring (bicyclic) bond motifs is 1. The second-order valence-corrected chi connectivity index (χ2v) is 4.64. The van der Waals surface area contributed by atoms with E-state index in [-0.39, 0.29) is 11.1 Å². The summed E-state index contributed by atoms with van der Waals surface area (Å²) < 4.78 is 0. The van der Waals surface area contributed by atoms with Gasteiger partial charge in [0.05, 0.1) is 16.9 Å². The highest BCUT2D eigenvalue weighted by molar-refractivity contribution is 6.34. The molecular formula is C12H7Cl2N5O. The number of nitrogens with zero attached hydrogens (tertiary/aromatic N) is 3. The summed E-state index contributed by atoms with van der Waals surface area (Å²) in [4.78, 5) is 26.9. The molecule has 0 aliphatic heterocycles. The Kier molecular flexibility index (Phi) is 3.25. The van der Waals surface area contributed by atoms with Crippen LogP contribution in [0.2, 0.25) is 10.2 Å². The van der Waals surface area contributed by atoms with Crippen molar-refractivity contribution in [2.75, 3.05) is 5.32 Å². The Morgan fingerprint density at radius 1 is 1.20 bits per heavy atom. The molecule has 0 fully saturated rings. The maximum atomic E-state index is 12.1. The van der Waals surface area contributed by atoms with Gasteiger partial charge in [-0.2, -0.15) is 9.97 Å². The average molecular weight is 308 g/mol. The third-order valence-corrected chi connectivity index (χ3v) is 3.19. The molecule has 0 unspecified atom stereocenters. The highest BCUT2D eigenvalue weighted by atomic mass is 35.5. The van der Waals surface area contributed by atoms with Gasteiger partial charge in [0.1, 0.15) is 5.52 Å². The van der Waals surface area contributed by atoms with E-state index >= 15 is 0 Å². The summed E-state index contributed by atoms with van der Waals surface area (Å²) in [5.74, 6) is -0.346. The summed E-state index contributed by atoms with van der Waals surface area (Å²) in [6.45, 7) is 0. The first-order valence-electron chi connectivity index (χ1n) is 5.57. The number of carbonyl (C=O) groups excluding carboxylic acids is 1. The molecule has 0 saturated heterocycles. The predicted octanol–water partition coefficient (Wildman–Crippen LogP) is 2.91. The van der Waals surface area contributed by atoms with Crippen molar-refractivity contribution in [2.45, 2.75) is 0 Å². The quantitative estimate of drug-likeness (QED) is 0.713. The van der Waals surface area contributed by atoms with Gasteiger partial charge in [-0.05, 0) is 12.1 Å². The van der Waals surface area contributed by atoms with Gasteiger partial charge < -0.3 is 4.98 Å². The van der Waals surface area contributed by atoms with Crippen LogP contribution >= 0.6 is 23.2 Å². The summed E-state index contributed by atoms with van der Waals surface area (Å²) in [6.07, 6.45) is 1.45. The van der Waals surface area contributed by atoms with Gasteiger partial charge in [-0.1, -0.05) is 35.3 Å². The molecule has 2 heterocycles. The Morgan fingerprint density at radius 3 is 2.80 bits per heavy atom. The lowest BCUT2D eigenvalue weighted by molar-refractivity contribution is 0.102. The summed E-state index contributed by atoms with van der Waals surface area (Å²) in [6, 6.07) is 6.68. The molecule has 1 aromatic carbocycles. The monoisotopic (exact) mass is 307 g/mol. The Bertz CT molecular complexity index is 801. The molecule has 3 rings (SSSR count). The van der Waals surface area contributed by atoms with Gasteiger partial charge >= 0.3 is 0 Å².